The van der Waals surface area contributed by atoms with Gasteiger partial charge in [-0.3, -0.25) is 0 Å². The number of aryl methyl sites for hydroxylation is 1. The predicted octanol–water partition coefficient (Wildman–Crippen LogP) is 4.65. The van der Waals surface area contributed by atoms with Crippen LogP contribution < -0.4 is 9.47 Å². The van der Waals surface area contributed by atoms with Gasteiger partial charge in [-0.25, -0.2) is 0 Å². The van der Waals surface area contributed by atoms with E-state index in [-0.39, 0.29) is 0 Å². The van der Waals surface area contributed by atoms with Gasteiger partial charge in [0.2, 0.25) is 5.39 Å². The van der Waals surface area contributed by atoms with Gasteiger partial charge in [0.05, 0.1) is 19.1 Å². The number of benzene rings is 2. The zero-order valence-corrected chi connectivity index (χ0v) is 12.4. The van der Waals surface area contributed by atoms with Crippen LogP contribution in [0.15, 0.2) is 46.2 Å². The standard InChI is InChI=1S/C15H15N2O2S/c1-10-8-13(19-3)15(9-12(10)18-2)20-14-7-5-4-6-11(14)17-16/h4-9H,1-3H3/q+1. The first-order valence-corrected chi connectivity index (χ1v) is 6.86. The average Bonchev–Trinajstić information content (AvgIpc) is 2.49. The second-order valence-electron chi connectivity index (χ2n) is 4.14. The first kappa shape index (κ1) is 14.2. The summed E-state index contributed by atoms with van der Waals surface area (Å²) in [5.41, 5.74) is 1.54. The summed E-state index contributed by atoms with van der Waals surface area (Å²) in [4.78, 5) is 5.04. The molecule has 0 aliphatic heterocycles. The summed E-state index contributed by atoms with van der Waals surface area (Å²) in [6, 6.07) is 11.2. The van der Waals surface area contributed by atoms with Crippen LogP contribution in [0.1, 0.15) is 5.56 Å². The predicted molar refractivity (Wildman–Crippen MR) is 79.6 cm³/mol. The first-order chi connectivity index (χ1) is 9.69. The third-order valence-corrected chi connectivity index (χ3v) is 3.98. The zero-order chi connectivity index (χ0) is 14.5. The maximum atomic E-state index is 9.02. The number of ether oxygens (including phenoxy) is 2. The van der Waals surface area contributed by atoms with Gasteiger partial charge in [0.1, 0.15) is 16.4 Å². The molecule has 2 aromatic carbocycles. The van der Waals surface area contributed by atoms with Crippen molar-refractivity contribution in [2.45, 2.75) is 16.7 Å². The molecule has 0 heterocycles. The van der Waals surface area contributed by atoms with Crippen LogP contribution in [0.4, 0.5) is 5.69 Å². The zero-order valence-electron chi connectivity index (χ0n) is 11.6. The van der Waals surface area contributed by atoms with Gasteiger partial charge in [0.25, 0.3) is 0 Å². The second kappa shape index (κ2) is 6.31. The molecule has 0 saturated heterocycles. The highest BCUT2D eigenvalue weighted by Crippen LogP contribution is 2.42. The lowest BCUT2D eigenvalue weighted by Crippen LogP contribution is -1.92. The van der Waals surface area contributed by atoms with Crippen LogP contribution in [-0.2, 0) is 0 Å². The lowest BCUT2D eigenvalue weighted by atomic mass is 10.2. The largest absolute Gasteiger partial charge is 0.496 e. The molecule has 102 valence electrons. The van der Waals surface area contributed by atoms with Crippen LogP contribution in [0.5, 0.6) is 11.5 Å². The van der Waals surface area contributed by atoms with Crippen molar-refractivity contribution in [3.05, 3.63) is 46.9 Å². The molecular weight excluding hydrogens is 272 g/mol. The van der Waals surface area contributed by atoms with Crippen LogP contribution >= 0.6 is 11.8 Å². The molecule has 0 saturated carbocycles. The van der Waals surface area contributed by atoms with Gasteiger partial charge in [0.15, 0.2) is 4.98 Å². The summed E-state index contributed by atoms with van der Waals surface area (Å²) in [6.07, 6.45) is 0. The van der Waals surface area contributed by atoms with Crippen LogP contribution in [0, 0.1) is 12.3 Å². The Morgan fingerprint density at radius 2 is 1.70 bits per heavy atom. The third kappa shape index (κ3) is 2.86. The highest BCUT2D eigenvalue weighted by molar-refractivity contribution is 7.99. The fourth-order valence-electron chi connectivity index (χ4n) is 1.85. The summed E-state index contributed by atoms with van der Waals surface area (Å²) in [6.45, 7) is 1.97. The highest BCUT2D eigenvalue weighted by Gasteiger charge is 2.17. The van der Waals surface area contributed by atoms with Crippen molar-refractivity contribution in [3.63, 3.8) is 0 Å². The SMILES string of the molecule is COc1cc(Sc2ccccc2[N+]#N)c(OC)cc1C. The Labute approximate surface area is 122 Å². The molecular formula is C15H15N2O2S+. The van der Waals surface area contributed by atoms with Crippen LogP contribution in [0.2, 0.25) is 0 Å². The molecule has 4 nitrogen and oxygen atoms in total. The van der Waals surface area contributed by atoms with Gasteiger partial charge >= 0.3 is 5.69 Å². The number of diazo groups is 1. The fraction of sp³-hybridized carbons (Fsp3) is 0.200. The van der Waals surface area contributed by atoms with Crippen molar-refractivity contribution in [1.29, 1.82) is 5.39 Å². The quantitative estimate of drug-likeness (QED) is 0.768. The summed E-state index contributed by atoms with van der Waals surface area (Å²) < 4.78 is 10.7. The fourth-order valence-corrected chi connectivity index (χ4v) is 2.85. The highest BCUT2D eigenvalue weighted by atomic mass is 32.2. The van der Waals surface area contributed by atoms with Crippen LogP contribution in [0.25, 0.3) is 4.98 Å². The molecule has 2 aromatic rings. The molecule has 0 spiro atoms. The van der Waals surface area contributed by atoms with Crippen LogP contribution in [0.3, 0.4) is 0 Å². The number of methoxy groups -OCH3 is 2. The Hall–Kier alpha value is -2.19. The number of hydrogen-bond donors (Lipinski definition) is 0. The average molecular weight is 287 g/mol. The molecule has 2 rings (SSSR count). The van der Waals surface area contributed by atoms with E-state index in [1.165, 1.54) is 11.8 Å². The Morgan fingerprint density at radius 1 is 1.00 bits per heavy atom. The van der Waals surface area contributed by atoms with Crippen molar-refractivity contribution >= 4 is 17.4 Å². The minimum absolute atomic E-state index is 0.527. The maximum Gasteiger partial charge on any atom is 0.398 e. The first-order valence-electron chi connectivity index (χ1n) is 6.04. The maximum absolute atomic E-state index is 9.02. The number of hydrogen-bond acceptors (Lipinski definition) is 4. The van der Waals surface area contributed by atoms with Crippen molar-refractivity contribution < 1.29 is 9.47 Å². The second-order valence-corrected chi connectivity index (χ2v) is 5.23. The molecule has 0 aliphatic rings. The smallest absolute Gasteiger partial charge is 0.398 e. The molecule has 0 amide bonds. The minimum atomic E-state index is 0.527. The molecule has 0 bridgehead atoms. The minimum Gasteiger partial charge on any atom is -0.496 e. The van der Waals surface area contributed by atoms with Crippen LogP contribution in [-0.4, -0.2) is 14.2 Å². The Bertz CT molecular complexity index is 665. The van der Waals surface area contributed by atoms with E-state index in [1.807, 2.05) is 37.3 Å². The Kier molecular flexibility index (Phi) is 4.49. The molecule has 0 unspecified atom stereocenters. The van der Waals surface area contributed by atoms with Gasteiger partial charge in [-0.05, 0) is 30.7 Å². The number of rotatable bonds is 4. The van der Waals surface area contributed by atoms with E-state index in [2.05, 4.69) is 4.98 Å². The topological polar surface area (TPSA) is 46.6 Å². The third-order valence-electron chi connectivity index (χ3n) is 2.87. The van der Waals surface area contributed by atoms with Gasteiger partial charge in [-0.1, -0.05) is 23.9 Å². The Balaban J connectivity index is 2.45. The Morgan fingerprint density at radius 3 is 2.35 bits per heavy atom. The van der Waals surface area contributed by atoms with Gasteiger partial charge in [-0.15, -0.1) is 0 Å². The van der Waals surface area contributed by atoms with Gasteiger partial charge in [-0.2, -0.15) is 0 Å². The molecule has 0 radical (unpaired) electrons. The molecule has 5 heteroatoms. The van der Waals surface area contributed by atoms with Crippen molar-refractivity contribution in [2.24, 2.45) is 0 Å². The molecule has 0 fully saturated rings. The molecule has 0 atom stereocenters. The van der Waals surface area contributed by atoms with E-state index in [0.717, 1.165) is 26.9 Å². The van der Waals surface area contributed by atoms with Crippen molar-refractivity contribution in [2.75, 3.05) is 14.2 Å². The van der Waals surface area contributed by atoms with Gasteiger partial charge in [0, 0.05) is 6.07 Å². The lowest BCUT2D eigenvalue weighted by Gasteiger charge is -2.12. The van der Waals surface area contributed by atoms with Crippen molar-refractivity contribution in [1.82, 2.24) is 0 Å². The summed E-state index contributed by atoms with van der Waals surface area (Å²) in [7, 11) is 3.27. The van der Waals surface area contributed by atoms with E-state index < -0.39 is 0 Å². The van der Waals surface area contributed by atoms with E-state index in [0.29, 0.717) is 5.69 Å². The number of nitrogens with zero attached hydrogens (tertiary/aromatic N) is 2. The molecule has 0 aliphatic carbocycles. The van der Waals surface area contributed by atoms with Crippen molar-refractivity contribution in [3.8, 4) is 11.5 Å². The van der Waals surface area contributed by atoms with E-state index >= 15 is 0 Å². The molecule has 0 N–H and O–H groups in total. The van der Waals surface area contributed by atoms with E-state index in [1.54, 1.807) is 20.3 Å². The lowest BCUT2D eigenvalue weighted by molar-refractivity contribution is 0.392. The molecule has 0 aromatic heterocycles. The van der Waals surface area contributed by atoms with E-state index in [9.17, 15) is 0 Å². The summed E-state index contributed by atoms with van der Waals surface area (Å²) in [5, 5.41) is 9.02. The summed E-state index contributed by atoms with van der Waals surface area (Å²) >= 11 is 1.47. The monoisotopic (exact) mass is 287 g/mol. The van der Waals surface area contributed by atoms with Gasteiger partial charge < -0.3 is 9.47 Å². The summed E-state index contributed by atoms with van der Waals surface area (Å²) in [5.74, 6) is 1.56. The molecule has 20 heavy (non-hydrogen) atoms. The van der Waals surface area contributed by atoms with E-state index in [4.69, 9.17) is 14.9 Å². The normalized spacial score (nSPS) is 9.90.